The number of rotatable bonds is 3. The zero-order chi connectivity index (χ0) is 17.9. The van der Waals surface area contributed by atoms with Gasteiger partial charge < -0.3 is 10.2 Å². The molecule has 1 amide bonds. The number of carbonyl (C=O) groups is 1. The molecular formula is C20H26N4O. The Bertz CT molecular complexity index is 707. The molecule has 1 aromatic carbocycles. The minimum atomic E-state index is -0.0418. The molecule has 1 aliphatic heterocycles. The fraction of sp³-hybridized carbons (Fsp3) is 0.450. The Morgan fingerprint density at radius 3 is 2.48 bits per heavy atom. The molecule has 1 saturated heterocycles. The van der Waals surface area contributed by atoms with Gasteiger partial charge in [-0.15, -0.1) is 0 Å². The number of amides is 1. The van der Waals surface area contributed by atoms with E-state index in [0.29, 0.717) is 12.5 Å². The summed E-state index contributed by atoms with van der Waals surface area (Å²) in [4.78, 5) is 23.3. The number of carbonyl (C=O) groups excluding carboxylic acids is 1. The van der Waals surface area contributed by atoms with Crippen molar-refractivity contribution in [1.82, 2.24) is 9.97 Å². The van der Waals surface area contributed by atoms with Gasteiger partial charge in [-0.3, -0.25) is 4.79 Å². The summed E-state index contributed by atoms with van der Waals surface area (Å²) in [6.07, 6.45) is 5.35. The third kappa shape index (κ3) is 4.35. The van der Waals surface area contributed by atoms with Crippen molar-refractivity contribution in [2.75, 3.05) is 23.3 Å². The maximum Gasteiger partial charge on any atom is 0.229 e. The predicted octanol–water partition coefficient (Wildman–Crippen LogP) is 3.63. The lowest BCUT2D eigenvalue weighted by Gasteiger charge is -2.31. The van der Waals surface area contributed by atoms with E-state index in [9.17, 15) is 4.79 Å². The summed E-state index contributed by atoms with van der Waals surface area (Å²) in [5.74, 6) is 0.735. The second kappa shape index (κ2) is 7.21. The summed E-state index contributed by atoms with van der Waals surface area (Å²) in [5.41, 5.74) is 2.23. The van der Waals surface area contributed by atoms with Crippen molar-refractivity contribution in [3.63, 3.8) is 0 Å². The zero-order valence-electron chi connectivity index (χ0n) is 15.2. The Morgan fingerprint density at radius 1 is 1.16 bits per heavy atom. The van der Waals surface area contributed by atoms with Crippen LogP contribution in [0.15, 0.2) is 42.7 Å². The molecule has 0 radical (unpaired) electrons. The van der Waals surface area contributed by atoms with Gasteiger partial charge in [-0.2, -0.15) is 0 Å². The molecular weight excluding hydrogens is 312 g/mol. The average molecular weight is 338 g/mol. The second-order valence-corrected chi connectivity index (χ2v) is 7.65. The molecule has 5 heteroatoms. The van der Waals surface area contributed by atoms with E-state index < -0.39 is 0 Å². The molecule has 1 fully saturated rings. The predicted molar refractivity (Wildman–Crippen MR) is 101 cm³/mol. The van der Waals surface area contributed by atoms with Crippen LogP contribution in [0.2, 0.25) is 0 Å². The standard InChI is InChI=1S/C20H26N4O/c1-20(2,3)16-7-9-17(10-8-16)23-18(25)15-6-4-13-24(14-15)19-21-11-5-12-22-19/h5,7-12,15H,4,6,13-14H2,1-3H3,(H,23,25)/t15-/m0/s1. The van der Waals surface area contributed by atoms with E-state index in [2.05, 4.69) is 53.1 Å². The molecule has 1 atom stereocenters. The Balaban J connectivity index is 1.63. The van der Waals surface area contributed by atoms with Crippen LogP contribution in [-0.2, 0) is 10.2 Å². The maximum atomic E-state index is 12.6. The fourth-order valence-corrected chi connectivity index (χ4v) is 3.13. The van der Waals surface area contributed by atoms with Crippen LogP contribution in [0.3, 0.4) is 0 Å². The molecule has 1 aromatic heterocycles. The number of nitrogens with zero attached hydrogens (tertiary/aromatic N) is 3. The first-order valence-corrected chi connectivity index (χ1v) is 8.87. The van der Waals surface area contributed by atoms with Gasteiger partial charge in [-0.25, -0.2) is 9.97 Å². The van der Waals surface area contributed by atoms with Gasteiger partial charge in [-0.05, 0) is 42.0 Å². The molecule has 0 spiro atoms. The Labute approximate surface area is 149 Å². The summed E-state index contributed by atoms with van der Waals surface area (Å²) >= 11 is 0. The Morgan fingerprint density at radius 2 is 1.84 bits per heavy atom. The van der Waals surface area contributed by atoms with Crippen LogP contribution in [0.4, 0.5) is 11.6 Å². The molecule has 132 valence electrons. The number of piperidine rings is 1. The van der Waals surface area contributed by atoms with Crippen molar-refractivity contribution >= 4 is 17.5 Å². The quantitative estimate of drug-likeness (QED) is 0.928. The Kier molecular flexibility index (Phi) is 5.02. The van der Waals surface area contributed by atoms with E-state index in [1.54, 1.807) is 18.5 Å². The highest BCUT2D eigenvalue weighted by molar-refractivity contribution is 5.93. The third-order valence-electron chi connectivity index (χ3n) is 4.65. The largest absolute Gasteiger partial charge is 0.340 e. The van der Waals surface area contributed by atoms with Crippen LogP contribution < -0.4 is 10.2 Å². The van der Waals surface area contributed by atoms with E-state index >= 15 is 0 Å². The lowest BCUT2D eigenvalue weighted by Crippen LogP contribution is -2.41. The van der Waals surface area contributed by atoms with Gasteiger partial charge in [0.2, 0.25) is 11.9 Å². The summed E-state index contributed by atoms with van der Waals surface area (Å²) in [7, 11) is 0. The van der Waals surface area contributed by atoms with Crippen LogP contribution in [0.1, 0.15) is 39.2 Å². The van der Waals surface area contributed by atoms with Crippen LogP contribution in [0, 0.1) is 5.92 Å². The van der Waals surface area contributed by atoms with Crippen molar-refractivity contribution < 1.29 is 4.79 Å². The third-order valence-corrected chi connectivity index (χ3v) is 4.65. The van der Waals surface area contributed by atoms with Crippen LogP contribution in [-0.4, -0.2) is 29.0 Å². The van der Waals surface area contributed by atoms with Crippen molar-refractivity contribution in [2.24, 2.45) is 5.92 Å². The number of hydrogen-bond acceptors (Lipinski definition) is 4. The van der Waals surface area contributed by atoms with Gasteiger partial charge in [0.1, 0.15) is 0 Å². The van der Waals surface area contributed by atoms with E-state index in [0.717, 1.165) is 25.1 Å². The minimum absolute atomic E-state index is 0.0418. The highest BCUT2D eigenvalue weighted by Crippen LogP contribution is 2.25. The molecule has 0 saturated carbocycles. The maximum absolute atomic E-state index is 12.6. The van der Waals surface area contributed by atoms with Gasteiger partial charge in [0.05, 0.1) is 5.92 Å². The lowest BCUT2D eigenvalue weighted by atomic mass is 9.87. The number of nitrogens with one attached hydrogen (secondary N) is 1. The van der Waals surface area contributed by atoms with Gasteiger partial charge in [0, 0.05) is 31.2 Å². The summed E-state index contributed by atoms with van der Waals surface area (Å²) in [6.45, 7) is 8.11. The molecule has 2 aromatic rings. The average Bonchev–Trinajstić information content (AvgIpc) is 2.62. The van der Waals surface area contributed by atoms with Gasteiger partial charge in [0.15, 0.2) is 0 Å². The molecule has 0 bridgehead atoms. The van der Waals surface area contributed by atoms with Crippen LogP contribution in [0.25, 0.3) is 0 Å². The van der Waals surface area contributed by atoms with Gasteiger partial charge in [-0.1, -0.05) is 32.9 Å². The van der Waals surface area contributed by atoms with E-state index in [1.165, 1.54) is 5.56 Å². The molecule has 1 N–H and O–H groups in total. The zero-order valence-corrected chi connectivity index (χ0v) is 15.2. The number of anilines is 2. The molecule has 25 heavy (non-hydrogen) atoms. The number of benzene rings is 1. The Hall–Kier alpha value is -2.43. The highest BCUT2D eigenvalue weighted by Gasteiger charge is 2.27. The molecule has 3 rings (SSSR count). The first kappa shape index (κ1) is 17.4. The summed E-state index contributed by atoms with van der Waals surface area (Å²) in [6, 6.07) is 9.94. The summed E-state index contributed by atoms with van der Waals surface area (Å²) in [5, 5.41) is 3.06. The monoisotopic (exact) mass is 338 g/mol. The first-order chi connectivity index (χ1) is 11.9. The van der Waals surface area contributed by atoms with Gasteiger partial charge >= 0.3 is 0 Å². The normalized spacial score (nSPS) is 18.0. The second-order valence-electron chi connectivity index (χ2n) is 7.65. The van der Waals surface area contributed by atoms with E-state index in [4.69, 9.17) is 0 Å². The van der Waals surface area contributed by atoms with Gasteiger partial charge in [0.25, 0.3) is 0 Å². The molecule has 5 nitrogen and oxygen atoms in total. The molecule has 0 unspecified atom stereocenters. The lowest BCUT2D eigenvalue weighted by molar-refractivity contribution is -0.120. The number of hydrogen-bond donors (Lipinski definition) is 1. The highest BCUT2D eigenvalue weighted by atomic mass is 16.1. The molecule has 0 aliphatic carbocycles. The molecule has 1 aliphatic rings. The summed E-state index contributed by atoms with van der Waals surface area (Å²) < 4.78 is 0. The first-order valence-electron chi connectivity index (χ1n) is 8.87. The van der Waals surface area contributed by atoms with Crippen molar-refractivity contribution in [2.45, 2.75) is 39.0 Å². The van der Waals surface area contributed by atoms with E-state index in [-0.39, 0.29) is 17.2 Å². The van der Waals surface area contributed by atoms with Crippen molar-refractivity contribution in [3.05, 3.63) is 48.3 Å². The topological polar surface area (TPSA) is 58.1 Å². The fourth-order valence-electron chi connectivity index (χ4n) is 3.13. The van der Waals surface area contributed by atoms with Crippen LogP contribution >= 0.6 is 0 Å². The minimum Gasteiger partial charge on any atom is -0.340 e. The van der Waals surface area contributed by atoms with Crippen molar-refractivity contribution in [3.8, 4) is 0 Å². The van der Waals surface area contributed by atoms with Crippen molar-refractivity contribution in [1.29, 1.82) is 0 Å². The molecule has 2 heterocycles. The SMILES string of the molecule is CC(C)(C)c1ccc(NC(=O)[C@H]2CCCN(c3ncccn3)C2)cc1. The van der Waals surface area contributed by atoms with E-state index in [1.807, 2.05) is 12.1 Å². The number of aromatic nitrogens is 2. The van der Waals surface area contributed by atoms with Crippen LogP contribution in [0.5, 0.6) is 0 Å². The smallest absolute Gasteiger partial charge is 0.229 e.